The van der Waals surface area contributed by atoms with Gasteiger partial charge in [0.1, 0.15) is 5.75 Å². The van der Waals surface area contributed by atoms with Gasteiger partial charge in [0, 0.05) is 37.5 Å². The van der Waals surface area contributed by atoms with Gasteiger partial charge < -0.3 is 15.0 Å². The van der Waals surface area contributed by atoms with Gasteiger partial charge in [0.15, 0.2) is 5.82 Å². The zero-order valence-corrected chi connectivity index (χ0v) is 17.9. The lowest BCUT2D eigenvalue weighted by atomic mass is 9.95. The predicted molar refractivity (Wildman–Crippen MR) is 120 cm³/mol. The number of benzene rings is 1. The van der Waals surface area contributed by atoms with Gasteiger partial charge in [0.05, 0.1) is 25.3 Å². The first-order valence-electron chi connectivity index (χ1n) is 10.9. The van der Waals surface area contributed by atoms with Crippen molar-refractivity contribution < 1.29 is 14.3 Å². The van der Waals surface area contributed by atoms with Gasteiger partial charge in [-0.3, -0.25) is 19.3 Å². The molecule has 1 aliphatic rings. The number of aromatic nitrogens is 3. The van der Waals surface area contributed by atoms with Crippen molar-refractivity contribution in [3.8, 4) is 5.75 Å². The molecule has 1 fully saturated rings. The molecule has 0 spiro atoms. The quantitative estimate of drug-likeness (QED) is 0.590. The number of piperidine rings is 1. The normalized spacial score (nSPS) is 14.2. The molecule has 0 radical (unpaired) electrons. The van der Waals surface area contributed by atoms with Crippen molar-refractivity contribution in [3.63, 3.8) is 0 Å². The summed E-state index contributed by atoms with van der Waals surface area (Å²) in [4.78, 5) is 31.2. The molecule has 4 rings (SSSR count). The van der Waals surface area contributed by atoms with Crippen LogP contribution in [0.1, 0.15) is 25.0 Å². The van der Waals surface area contributed by atoms with Crippen molar-refractivity contribution in [3.05, 3.63) is 72.7 Å². The van der Waals surface area contributed by atoms with Gasteiger partial charge in [-0.25, -0.2) is 0 Å². The Balaban J connectivity index is 1.18. The fourth-order valence-corrected chi connectivity index (χ4v) is 3.72. The van der Waals surface area contributed by atoms with Crippen LogP contribution in [0.3, 0.4) is 0 Å². The van der Waals surface area contributed by atoms with E-state index in [9.17, 15) is 9.59 Å². The molecule has 2 amide bonds. The van der Waals surface area contributed by atoms with E-state index < -0.39 is 0 Å². The van der Waals surface area contributed by atoms with E-state index in [0.717, 1.165) is 11.4 Å². The summed E-state index contributed by atoms with van der Waals surface area (Å²) >= 11 is 0. The third kappa shape index (κ3) is 5.94. The number of carbonyl (C=O) groups excluding carboxylic acids is 2. The van der Waals surface area contributed by atoms with E-state index in [1.165, 1.54) is 0 Å². The van der Waals surface area contributed by atoms with E-state index in [4.69, 9.17) is 4.74 Å². The topological polar surface area (TPSA) is 89.4 Å². The van der Waals surface area contributed by atoms with E-state index >= 15 is 0 Å². The van der Waals surface area contributed by atoms with Crippen LogP contribution < -0.4 is 10.1 Å². The second kappa shape index (κ2) is 10.6. The van der Waals surface area contributed by atoms with Crippen molar-refractivity contribution in [2.45, 2.75) is 25.8 Å². The Morgan fingerprint density at radius 3 is 2.56 bits per heavy atom. The van der Waals surface area contributed by atoms with E-state index in [1.54, 1.807) is 16.9 Å². The van der Waals surface area contributed by atoms with Crippen LogP contribution in [0.25, 0.3) is 0 Å². The van der Waals surface area contributed by atoms with Crippen molar-refractivity contribution in [2.24, 2.45) is 5.92 Å². The monoisotopic (exact) mass is 433 g/mol. The molecule has 8 nitrogen and oxygen atoms in total. The van der Waals surface area contributed by atoms with Crippen LogP contribution in [0, 0.1) is 5.92 Å². The molecule has 3 heterocycles. The maximum absolute atomic E-state index is 12.6. The molecule has 0 unspecified atom stereocenters. The molecule has 1 aliphatic heterocycles. The lowest BCUT2D eigenvalue weighted by Crippen LogP contribution is -2.41. The molecule has 166 valence electrons. The molecule has 0 saturated carbocycles. The van der Waals surface area contributed by atoms with Gasteiger partial charge in [-0.05, 0) is 37.1 Å². The zero-order chi connectivity index (χ0) is 22.2. The van der Waals surface area contributed by atoms with Crippen LogP contribution in [0.15, 0.2) is 67.0 Å². The second-order valence-corrected chi connectivity index (χ2v) is 7.78. The van der Waals surface area contributed by atoms with Crippen LogP contribution in [0.2, 0.25) is 0 Å². The van der Waals surface area contributed by atoms with Gasteiger partial charge in [-0.2, -0.15) is 5.10 Å². The molecular formula is C24H27N5O3. The van der Waals surface area contributed by atoms with Gasteiger partial charge in [-0.15, -0.1) is 0 Å². The maximum atomic E-state index is 12.6. The molecule has 0 bridgehead atoms. The number of ether oxygens (including phenoxy) is 1. The second-order valence-electron chi connectivity index (χ2n) is 7.78. The Hall–Kier alpha value is -3.68. The number of para-hydroxylation sites is 1. The highest BCUT2D eigenvalue weighted by molar-refractivity contribution is 5.91. The summed E-state index contributed by atoms with van der Waals surface area (Å²) in [6.45, 7) is 2.06. The number of anilines is 1. The highest BCUT2D eigenvalue weighted by Crippen LogP contribution is 2.20. The molecule has 0 atom stereocenters. The third-order valence-corrected chi connectivity index (χ3v) is 5.49. The predicted octanol–water partition coefficient (Wildman–Crippen LogP) is 2.97. The number of nitrogens with zero attached hydrogens (tertiary/aromatic N) is 4. The largest absolute Gasteiger partial charge is 0.493 e. The van der Waals surface area contributed by atoms with E-state index in [-0.39, 0.29) is 17.7 Å². The van der Waals surface area contributed by atoms with Crippen LogP contribution in [-0.2, 0) is 16.1 Å². The van der Waals surface area contributed by atoms with Crippen LogP contribution in [-0.4, -0.2) is 51.2 Å². The number of likely N-dealkylation sites (tertiary alicyclic amines) is 1. The average molecular weight is 434 g/mol. The van der Waals surface area contributed by atoms with Crippen molar-refractivity contribution >= 4 is 17.6 Å². The molecule has 3 aromatic rings. The minimum absolute atomic E-state index is 0.0485. The highest BCUT2D eigenvalue weighted by Gasteiger charge is 2.27. The van der Waals surface area contributed by atoms with Gasteiger partial charge in [-0.1, -0.05) is 24.3 Å². The average Bonchev–Trinajstić information content (AvgIpc) is 3.27. The highest BCUT2D eigenvalue weighted by atomic mass is 16.5. The third-order valence-electron chi connectivity index (χ3n) is 5.49. The Morgan fingerprint density at radius 2 is 1.81 bits per heavy atom. The number of hydrogen-bond donors (Lipinski definition) is 1. The van der Waals surface area contributed by atoms with Crippen molar-refractivity contribution in [1.82, 2.24) is 19.7 Å². The number of carbonyl (C=O) groups is 2. The van der Waals surface area contributed by atoms with Crippen molar-refractivity contribution in [1.29, 1.82) is 0 Å². The van der Waals surface area contributed by atoms with E-state index in [0.29, 0.717) is 51.3 Å². The standard InChI is InChI=1S/C24H27N5O3/c30-23(12-17-32-21-7-2-1-3-8-21)28-14-9-19(10-15-28)24(31)26-22-11-16-29(27-22)18-20-6-4-5-13-25-20/h1-8,11,13,16,19H,9-10,12,14-15,17-18H2,(H,26,27,31). The lowest BCUT2D eigenvalue weighted by molar-refractivity contribution is -0.135. The SMILES string of the molecule is O=C(Nc1ccn(Cc2ccccn2)n1)C1CCN(C(=O)CCOc2ccccc2)CC1. The van der Waals surface area contributed by atoms with E-state index in [2.05, 4.69) is 15.4 Å². The summed E-state index contributed by atoms with van der Waals surface area (Å²) in [5, 5.41) is 7.31. The first-order valence-corrected chi connectivity index (χ1v) is 10.9. The lowest BCUT2D eigenvalue weighted by Gasteiger charge is -2.31. The summed E-state index contributed by atoms with van der Waals surface area (Å²) in [6, 6.07) is 17.0. The molecule has 8 heteroatoms. The molecular weight excluding hydrogens is 406 g/mol. The molecule has 1 aromatic carbocycles. The van der Waals surface area contributed by atoms with E-state index in [1.807, 2.05) is 59.6 Å². The molecule has 1 N–H and O–H groups in total. The Kier molecular flexibility index (Phi) is 7.12. The minimum atomic E-state index is -0.124. The minimum Gasteiger partial charge on any atom is -0.493 e. The fourth-order valence-electron chi connectivity index (χ4n) is 3.72. The van der Waals surface area contributed by atoms with Crippen LogP contribution in [0.5, 0.6) is 5.75 Å². The number of amides is 2. The zero-order valence-electron chi connectivity index (χ0n) is 17.9. The summed E-state index contributed by atoms with van der Waals surface area (Å²) in [7, 11) is 0. The number of nitrogens with one attached hydrogen (secondary N) is 1. The Bertz CT molecular complexity index is 1010. The maximum Gasteiger partial charge on any atom is 0.228 e. The Morgan fingerprint density at radius 1 is 1.03 bits per heavy atom. The van der Waals surface area contributed by atoms with Crippen LogP contribution in [0.4, 0.5) is 5.82 Å². The molecule has 2 aromatic heterocycles. The number of rotatable bonds is 8. The van der Waals surface area contributed by atoms with Crippen LogP contribution >= 0.6 is 0 Å². The molecule has 32 heavy (non-hydrogen) atoms. The Labute approximate surface area is 187 Å². The smallest absolute Gasteiger partial charge is 0.228 e. The number of hydrogen-bond acceptors (Lipinski definition) is 5. The van der Waals surface area contributed by atoms with Gasteiger partial charge >= 0.3 is 0 Å². The number of pyridine rings is 1. The van der Waals surface area contributed by atoms with Gasteiger partial charge in [0.25, 0.3) is 0 Å². The summed E-state index contributed by atoms with van der Waals surface area (Å²) in [5.41, 5.74) is 0.902. The summed E-state index contributed by atoms with van der Waals surface area (Å²) in [5.74, 6) is 1.18. The molecule has 1 saturated heterocycles. The fraction of sp³-hybridized carbons (Fsp3) is 0.333. The van der Waals surface area contributed by atoms with Gasteiger partial charge in [0.2, 0.25) is 11.8 Å². The first kappa shape index (κ1) is 21.5. The summed E-state index contributed by atoms with van der Waals surface area (Å²) in [6.07, 6.45) is 5.19. The van der Waals surface area contributed by atoms with Crippen molar-refractivity contribution in [2.75, 3.05) is 25.0 Å². The molecule has 0 aliphatic carbocycles. The summed E-state index contributed by atoms with van der Waals surface area (Å²) < 4.78 is 7.35. The first-order chi connectivity index (χ1) is 15.7.